The molecule has 5 unspecified atom stereocenters. The third kappa shape index (κ3) is 7.81. The average Bonchev–Trinajstić information content (AvgIpc) is 3.47. The molecule has 2 aliphatic rings. The molecule has 8 heteroatoms. The second-order valence-corrected chi connectivity index (χ2v) is 12.4. The summed E-state index contributed by atoms with van der Waals surface area (Å²) in [5.41, 5.74) is 9.29. The van der Waals surface area contributed by atoms with E-state index in [2.05, 4.69) is 34.6 Å². The van der Waals surface area contributed by atoms with Gasteiger partial charge in [0.05, 0.1) is 12.1 Å². The monoisotopic (exact) mass is 609 g/mol. The lowest BCUT2D eigenvalue weighted by Gasteiger charge is -2.34. The Balaban J connectivity index is 1.39. The van der Waals surface area contributed by atoms with Gasteiger partial charge in [0.1, 0.15) is 12.1 Å². The zero-order chi connectivity index (χ0) is 31.8. The van der Waals surface area contributed by atoms with Crippen molar-refractivity contribution in [2.75, 3.05) is 13.1 Å². The lowest BCUT2D eigenvalue weighted by Crippen LogP contribution is -2.59. The predicted octanol–water partition coefficient (Wildman–Crippen LogP) is 4.41. The molecule has 238 valence electrons. The molecule has 0 radical (unpaired) electrons. The number of hydrogen-bond donors (Lipinski definition) is 3. The lowest BCUT2D eigenvalue weighted by atomic mass is 9.92. The smallest absolute Gasteiger partial charge is 0.246 e. The first kappa shape index (κ1) is 32.4. The molecule has 4 N–H and O–H groups in total. The zero-order valence-corrected chi connectivity index (χ0v) is 26.5. The summed E-state index contributed by atoms with van der Waals surface area (Å²) in [4.78, 5) is 45.9. The van der Waals surface area contributed by atoms with Crippen LogP contribution in [-0.4, -0.2) is 64.8 Å². The lowest BCUT2D eigenvalue weighted by molar-refractivity contribution is -0.144. The van der Waals surface area contributed by atoms with Crippen molar-refractivity contribution in [3.05, 3.63) is 108 Å². The number of hydrogen-bond acceptors (Lipinski definition) is 5. The third-order valence-corrected chi connectivity index (χ3v) is 9.48. The Morgan fingerprint density at radius 3 is 2.02 bits per heavy atom. The van der Waals surface area contributed by atoms with Crippen molar-refractivity contribution in [3.8, 4) is 0 Å². The normalized spacial score (nSPS) is 22.2. The highest BCUT2D eigenvalue weighted by molar-refractivity contribution is 5.94. The molecule has 45 heavy (non-hydrogen) atoms. The molecule has 2 heterocycles. The molecular formula is C37H47N5O3. The van der Waals surface area contributed by atoms with Crippen LogP contribution in [0.1, 0.15) is 68.7 Å². The van der Waals surface area contributed by atoms with E-state index in [4.69, 9.17) is 5.73 Å². The summed E-state index contributed by atoms with van der Waals surface area (Å²) in [7, 11) is 0. The van der Waals surface area contributed by atoms with Gasteiger partial charge in [-0.25, -0.2) is 0 Å². The van der Waals surface area contributed by atoms with Gasteiger partial charge in [-0.2, -0.15) is 0 Å². The van der Waals surface area contributed by atoms with Crippen LogP contribution < -0.4 is 16.4 Å². The van der Waals surface area contributed by atoms with Crippen molar-refractivity contribution < 1.29 is 14.4 Å². The molecular weight excluding hydrogens is 562 g/mol. The average molecular weight is 610 g/mol. The molecule has 0 aliphatic carbocycles. The zero-order valence-electron chi connectivity index (χ0n) is 26.5. The maximum absolute atomic E-state index is 14.5. The number of amides is 3. The van der Waals surface area contributed by atoms with Crippen molar-refractivity contribution in [2.24, 2.45) is 11.7 Å². The Bertz CT molecular complexity index is 1360. The fourth-order valence-corrected chi connectivity index (χ4v) is 6.88. The van der Waals surface area contributed by atoms with Crippen LogP contribution in [0.4, 0.5) is 0 Å². The van der Waals surface area contributed by atoms with Crippen molar-refractivity contribution in [2.45, 2.75) is 82.7 Å². The molecule has 2 fully saturated rings. The van der Waals surface area contributed by atoms with Crippen molar-refractivity contribution in [3.63, 3.8) is 0 Å². The van der Waals surface area contributed by atoms with Gasteiger partial charge in [0.2, 0.25) is 17.7 Å². The standard InChI is InChI=1S/C37H47N5O3/c1-3-31(38)35(43)40-34-29(25-41(4-2)24-26-14-8-5-9-15-26)20-21-30-22-23-32(42(30)37(34)45)36(44)39-33(27-16-10-6-11-17-27)28-18-12-7-13-19-28/h5-19,29-34H,3-4,20-25,38H2,1-2H3,(H,39,44)(H,40,43). The van der Waals surface area contributed by atoms with Gasteiger partial charge in [-0.15, -0.1) is 0 Å². The van der Waals surface area contributed by atoms with E-state index in [0.717, 1.165) is 43.5 Å². The minimum absolute atomic E-state index is 0.0476. The van der Waals surface area contributed by atoms with Crippen LogP contribution in [0.25, 0.3) is 0 Å². The molecule has 8 nitrogen and oxygen atoms in total. The Labute approximate surface area is 267 Å². The van der Waals surface area contributed by atoms with Gasteiger partial charge in [0, 0.05) is 25.0 Å². The Morgan fingerprint density at radius 2 is 1.44 bits per heavy atom. The minimum atomic E-state index is -0.752. The number of nitrogens with zero attached hydrogens (tertiary/aromatic N) is 2. The van der Waals surface area contributed by atoms with Crippen LogP contribution >= 0.6 is 0 Å². The van der Waals surface area contributed by atoms with Gasteiger partial charge in [-0.05, 0) is 55.3 Å². The van der Waals surface area contributed by atoms with E-state index >= 15 is 0 Å². The van der Waals surface area contributed by atoms with Crippen molar-refractivity contribution >= 4 is 17.7 Å². The van der Waals surface area contributed by atoms with E-state index in [1.54, 1.807) is 4.90 Å². The number of nitrogens with one attached hydrogen (secondary N) is 2. The molecule has 5 rings (SSSR count). The number of carbonyl (C=O) groups is 3. The molecule has 3 aromatic rings. The first-order valence-electron chi connectivity index (χ1n) is 16.4. The molecule has 3 amide bonds. The van der Waals surface area contributed by atoms with E-state index in [1.165, 1.54) is 5.56 Å². The molecule has 0 saturated carbocycles. The van der Waals surface area contributed by atoms with Gasteiger partial charge < -0.3 is 21.3 Å². The van der Waals surface area contributed by atoms with E-state index in [9.17, 15) is 14.4 Å². The fourth-order valence-electron chi connectivity index (χ4n) is 6.88. The quantitative estimate of drug-likeness (QED) is 0.282. The van der Waals surface area contributed by atoms with Gasteiger partial charge in [0.25, 0.3) is 0 Å². The summed E-state index contributed by atoms with van der Waals surface area (Å²) in [5.74, 6) is -0.774. The highest BCUT2D eigenvalue weighted by atomic mass is 16.2. The van der Waals surface area contributed by atoms with E-state index < -0.39 is 18.1 Å². The maximum Gasteiger partial charge on any atom is 0.246 e. The largest absolute Gasteiger partial charge is 0.343 e. The van der Waals surface area contributed by atoms with Gasteiger partial charge in [0.15, 0.2) is 0 Å². The number of carbonyl (C=O) groups excluding carboxylic acids is 3. The van der Waals surface area contributed by atoms with Crippen LogP contribution in [0.5, 0.6) is 0 Å². The number of nitrogens with two attached hydrogens (primary N) is 1. The Morgan fingerprint density at radius 1 is 0.867 bits per heavy atom. The van der Waals surface area contributed by atoms with Gasteiger partial charge >= 0.3 is 0 Å². The maximum atomic E-state index is 14.5. The van der Waals surface area contributed by atoms with E-state index in [0.29, 0.717) is 19.4 Å². The van der Waals surface area contributed by atoms with Crippen molar-refractivity contribution in [1.82, 2.24) is 20.4 Å². The highest BCUT2D eigenvalue weighted by Crippen LogP contribution is 2.35. The molecule has 2 aliphatic heterocycles. The van der Waals surface area contributed by atoms with E-state index in [-0.39, 0.29) is 35.7 Å². The SMILES string of the molecule is CCC(N)C(=O)NC1C(=O)N2C(CCC1CN(CC)Cc1ccccc1)CCC2C(=O)NC(c1ccccc1)c1ccccc1. The molecule has 5 atom stereocenters. The highest BCUT2D eigenvalue weighted by Gasteiger charge is 2.48. The van der Waals surface area contributed by atoms with Crippen LogP contribution in [-0.2, 0) is 20.9 Å². The molecule has 3 aromatic carbocycles. The van der Waals surface area contributed by atoms with Crippen molar-refractivity contribution in [1.29, 1.82) is 0 Å². The van der Waals surface area contributed by atoms with Crippen LogP contribution in [0.2, 0.25) is 0 Å². The summed E-state index contributed by atoms with van der Waals surface area (Å²) in [6.07, 6.45) is 3.39. The molecule has 0 spiro atoms. The first-order chi connectivity index (χ1) is 21.9. The van der Waals surface area contributed by atoms with Crippen LogP contribution in [0, 0.1) is 5.92 Å². The molecule has 0 bridgehead atoms. The van der Waals surface area contributed by atoms with Crippen LogP contribution in [0.15, 0.2) is 91.0 Å². The second-order valence-electron chi connectivity index (χ2n) is 12.4. The minimum Gasteiger partial charge on any atom is -0.343 e. The predicted molar refractivity (Wildman–Crippen MR) is 177 cm³/mol. The number of fused-ring (bicyclic) bond motifs is 1. The van der Waals surface area contributed by atoms with E-state index in [1.807, 2.05) is 85.8 Å². The number of benzene rings is 3. The van der Waals surface area contributed by atoms with Crippen LogP contribution in [0.3, 0.4) is 0 Å². The number of rotatable bonds is 12. The summed E-state index contributed by atoms with van der Waals surface area (Å²) >= 11 is 0. The van der Waals surface area contributed by atoms with Gasteiger partial charge in [-0.1, -0.05) is 105 Å². The first-order valence-corrected chi connectivity index (χ1v) is 16.4. The Hall–Kier alpha value is -4.01. The molecule has 2 saturated heterocycles. The van der Waals surface area contributed by atoms with Gasteiger partial charge in [-0.3, -0.25) is 19.3 Å². The Kier molecular flexibility index (Phi) is 11.0. The third-order valence-electron chi connectivity index (χ3n) is 9.48. The summed E-state index contributed by atoms with van der Waals surface area (Å²) in [6.45, 7) is 6.21. The fraction of sp³-hybridized carbons (Fsp3) is 0.432. The molecule has 0 aromatic heterocycles. The summed E-state index contributed by atoms with van der Waals surface area (Å²) < 4.78 is 0. The topological polar surface area (TPSA) is 108 Å². The second kappa shape index (κ2) is 15.3. The summed E-state index contributed by atoms with van der Waals surface area (Å²) in [5, 5.41) is 6.33. The summed E-state index contributed by atoms with van der Waals surface area (Å²) in [6, 6.07) is 27.7.